The average molecular weight is 458 g/mol. The zero-order chi connectivity index (χ0) is 25.3. The van der Waals surface area contributed by atoms with Crippen LogP contribution in [0, 0.1) is 27.9 Å². The van der Waals surface area contributed by atoms with Crippen LogP contribution in [0.15, 0.2) is 87.6 Å². The third-order valence-electron chi connectivity index (χ3n) is 5.63. The number of nitro groups is 1. The number of ketones is 1. The van der Waals surface area contributed by atoms with Gasteiger partial charge < -0.3 is 0 Å². The van der Waals surface area contributed by atoms with Gasteiger partial charge in [-0.05, 0) is 42.0 Å². The number of nitro benzene ring substituents is 1. The van der Waals surface area contributed by atoms with Crippen molar-refractivity contribution in [3.8, 4) is 0 Å². The van der Waals surface area contributed by atoms with E-state index in [9.17, 15) is 14.9 Å². The summed E-state index contributed by atoms with van der Waals surface area (Å²) in [4.78, 5) is 23.9. The fourth-order valence-electron chi connectivity index (χ4n) is 3.62. The van der Waals surface area contributed by atoms with E-state index in [2.05, 4.69) is 10.2 Å². The van der Waals surface area contributed by atoms with E-state index < -0.39 is 4.92 Å². The minimum absolute atomic E-state index is 0.00244. The Hall–Kier alpha value is -3.67. The van der Waals surface area contributed by atoms with E-state index in [1.165, 1.54) is 12.1 Å². The van der Waals surface area contributed by atoms with Crippen molar-refractivity contribution in [2.24, 2.45) is 21.1 Å². The second-order valence-corrected chi connectivity index (χ2v) is 10.6. The summed E-state index contributed by atoms with van der Waals surface area (Å²) >= 11 is 0. The molecule has 2 aromatic rings. The molecule has 0 saturated carbocycles. The molecule has 0 N–H and O–H groups in total. The van der Waals surface area contributed by atoms with Gasteiger partial charge in [-0.1, -0.05) is 71.4 Å². The Morgan fingerprint density at radius 1 is 0.824 bits per heavy atom. The zero-order valence-corrected chi connectivity index (χ0v) is 20.8. The maximum absolute atomic E-state index is 13.4. The van der Waals surface area contributed by atoms with E-state index in [0.29, 0.717) is 11.4 Å². The summed E-state index contributed by atoms with van der Waals surface area (Å²) in [6, 6.07) is 13.9. The summed E-state index contributed by atoms with van der Waals surface area (Å²) in [5.41, 5.74) is 4.70. The van der Waals surface area contributed by atoms with Crippen LogP contribution in [-0.2, 0) is 4.79 Å². The maximum atomic E-state index is 13.4. The molecule has 1 aliphatic carbocycles. The SMILES string of the molecule is Cc1ccc(C(N=Nc2ccc([N+](=O)[O-])cc2)=C2C=C(C(C)(C)C)C(=O)C(C(C)(C)C)=C2)cc1. The van der Waals surface area contributed by atoms with Crippen molar-refractivity contribution in [2.45, 2.75) is 48.5 Å². The third kappa shape index (κ3) is 5.63. The summed E-state index contributed by atoms with van der Waals surface area (Å²) in [6.45, 7) is 14.2. The van der Waals surface area contributed by atoms with E-state index in [4.69, 9.17) is 0 Å². The first kappa shape index (κ1) is 25.0. The fraction of sp³-hybridized carbons (Fsp3) is 0.321. The lowest BCUT2D eigenvalue weighted by Gasteiger charge is -2.31. The number of hydrogen-bond acceptors (Lipinski definition) is 5. The highest BCUT2D eigenvalue weighted by Crippen LogP contribution is 2.41. The smallest absolute Gasteiger partial charge is 0.269 e. The van der Waals surface area contributed by atoms with Crippen molar-refractivity contribution in [3.63, 3.8) is 0 Å². The first-order valence-corrected chi connectivity index (χ1v) is 11.2. The summed E-state index contributed by atoms with van der Waals surface area (Å²) in [7, 11) is 0. The molecule has 0 fully saturated rings. The van der Waals surface area contributed by atoms with Gasteiger partial charge >= 0.3 is 0 Å². The number of nitrogens with zero attached hydrogens (tertiary/aromatic N) is 3. The Bertz CT molecular complexity index is 1200. The number of hydrogen-bond donors (Lipinski definition) is 0. The van der Waals surface area contributed by atoms with Crippen LogP contribution in [0.2, 0.25) is 0 Å². The Morgan fingerprint density at radius 3 is 1.76 bits per heavy atom. The highest BCUT2D eigenvalue weighted by molar-refractivity contribution is 6.12. The van der Waals surface area contributed by atoms with Crippen molar-refractivity contribution in [1.29, 1.82) is 0 Å². The normalized spacial score (nSPS) is 14.8. The molecule has 0 amide bonds. The highest BCUT2D eigenvalue weighted by atomic mass is 16.6. The summed E-state index contributed by atoms with van der Waals surface area (Å²) in [5, 5.41) is 19.9. The second kappa shape index (κ2) is 9.29. The molecule has 2 aromatic carbocycles. The minimum atomic E-state index is -0.447. The van der Waals surface area contributed by atoms with Crippen LogP contribution in [0.25, 0.3) is 5.70 Å². The number of non-ortho nitro benzene ring substituents is 1. The molecule has 0 radical (unpaired) electrons. The van der Waals surface area contributed by atoms with E-state index in [0.717, 1.165) is 27.8 Å². The standard InChI is InChI=1S/C28H31N3O3/c1-18-8-10-19(11-9-18)25(30-29-21-12-14-22(15-13-21)31(33)34)20-16-23(27(2,3)4)26(32)24(17-20)28(5,6)7/h8-17H,1-7H3. The monoisotopic (exact) mass is 457 g/mol. The maximum Gasteiger partial charge on any atom is 0.269 e. The number of carbonyl (C=O) groups excluding carboxylic acids is 1. The van der Waals surface area contributed by atoms with Crippen molar-refractivity contribution in [2.75, 3.05) is 0 Å². The number of azo groups is 1. The number of benzene rings is 2. The average Bonchev–Trinajstić information content (AvgIpc) is 2.74. The van der Waals surface area contributed by atoms with Crippen LogP contribution in [-0.4, -0.2) is 10.7 Å². The molecule has 0 atom stereocenters. The molecule has 0 bridgehead atoms. The van der Waals surface area contributed by atoms with Gasteiger partial charge in [0.15, 0.2) is 5.78 Å². The Morgan fingerprint density at radius 2 is 1.32 bits per heavy atom. The molecule has 0 heterocycles. The third-order valence-corrected chi connectivity index (χ3v) is 5.63. The van der Waals surface area contributed by atoms with E-state index in [-0.39, 0.29) is 22.3 Å². The molecule has 0 saturated heterocycles. The Kier molecular flexibility index (Phi) is 6.82. The minimum Gasteiger partial charge on any atom is -0.289 e. The number of aryl methyl sites for hydroxylation is 1. The largest absolute Gasteiger partial charge is 0.289 e. The van der Waals surface area contributed by atoms with Crippen LogP contribution in [0.1, 0.15) is 52.7 Å². The van der Waals surface area contributed by atoms with Crippen LogP contribution in [0.4, 0.5) is 11.4 Å². The van der Waals surface area contributed by atoms with Crippen molar-refractivity contribution in [3.05, 3.63) is 98.6 Å². The number of allylic oxidation sites excluding steroid dienone is 5. The van der Waals surface area contributed by atoms with Gasteiger partial charge in [0.2, 0.25) is 0 Å². The van der Waals surface area contributed by atoms with Crippen LogP contribution < -0.4 is 0 Å². The number of rotatable bonds is 4. The summed E-state index contributed by atoms with van der Waals surface area (Å²) < 4.78 is 0. The predicted octanol–water partition coefficient (Wildman–Crippen LogP) is 7.93. The first-order valence-electron chi connectivity index (χ1n) is 11.2. The van der Waals surface area contributed by atoms with Crippen LogP contribution >= 0.6 is 0 Å². The molecule has 0 spiro atoms. The number of Topliss-reactive ketones (excluding diaryl/α,β-unsaturated/α-hetero) is 1. The molecule has 0 aliphatic heterocycles. The molecule has 176 valence electrons. The van der Waals surface area contributed by atoms with Gasteiger partial charge in [-0.2, -0.15) is 5.11 Å². The number of carbonyl (C=O) groups is 1. The molecule has 0 aromatic heterocycles. The van der Waals surface area contributed by atoms with E-state index >= 15 is 0 Å². The molecular weight excluding hydrogens is 426 g/mol. The molecule has 6 heteroatoms. The molecule has 0 unspecified atom stereocenters. The molecule has 1 aliphatic rings. The second-order valence-electron chi connectivity index (χ2n) is 10.6. The van der Waals surface area contributed by atoms with Crippen LogP contribution in [0.3, 0.4) is 0 Å². The van der Waals surface area contributed by atoms with Gasteiger partial charge in [-0.15, -0.1) is 5.11 Å². The highest BCUT2D eigenvalue weighted by Gasteiger charge is 2.34. The zero-order valence-electron chi connectivity index (χ0n) is 20.8. The van der Waals surface area contributed by atoms with Gasteiger partial charge in [0.1, 0.15) is 5.70 Å². The first-order chi connectivity index (χ1) is 15.8. The van der Waals surface area contributed by atoms with Crippen LogP contribution in [0.5, 0.6) is 0 Å². The molecule has 6 nitrogen and oxygen atoms in total. The molecular formula is C28H31N3O3. The quantitative estimate of drug-likeness (QED) is 0.265. The van der Waals surface area contributed by atoms with Crippen molar-refractivity contribution in [1.82, 2.24) is 0 Å². The van der Waals surface area contributed by atoms with Gasteiger partial charge in [-0.25, -0.2) is 0 Å². The van der Waals surface area contributed by atoms with Gasteiger partial charge in [0.25, 0.3) is 5.69 Å². The fourth-order valence-corrected chi connectivity index (χ4v) is 3.62. The van der Waals surface area contributed by atoms with E-state index in [1.54, 1.807) is 12.1 Å². The molecule has 3 rings (SSSR count). The van der Waals surface area contributed by atoms with Gasteiger partial charge in [-0.3, -0.25) is 14.9 Å². The van der Waals surface area contributed by atoms with E-state index in [1.807, 2.05) is 84.9 Å². The Labute approximate surface area is 201 Å². The van der Waals surface area contributed by atoms with Gasteiger partial charge in [0.05, 0.1) is 10.6 Å². The molecule has 34 heavy (non-hydrogen) atoms. The van der Waals surface area contributed by atoms with Crippen molar-refractivity contribution >= 4 is 22.9 Å². The summed E-state index contributed by atoms with van der Waals surface area (Å²) in [6.07, 6.45) is 3.84. The lowest BCUT2D eigenvalue weighted by Crippen LogP contribution is -2.28. The van der Waals surface area contributed by atoms with Gasteiger partial charge in [0, 0.05) is 34.4 Å². The lowest BCUT2D eigenvalue weighted by atomic mass is 9.71. The predicted molar refractivity (Wildman–Crippen MR) is 136 cm³/mol. The van der Waals surface area contributed by atoms with Crippen molar-refractivity contribution < 1.29 is 9.72 Å². The summed E-state index contributed by atoms with van der Waals surface area (Å²) in [5.74, 6) is 0.0549. The topological polar surface area (TPSA) is 84.9 Å². The lowest BCUT2D eigenvalue weighted by molar-refractivity contribution is -0.384. The Balaban J connectivity index is 2.24.